The average molecular weight is 185 g/mol. The van der Waals surface area contributed by atoms with Crippen LogP contribution in [0.15, 0.2) is 0 Å². The lowest BCUT2D eigenvalue weighted by atomic mass is 9.61. The number of aliphatic hydroxyl groups is 1. The third kappa shape index (κ3) is 2.44. The molecule has 1 heterocycles. The van der Waals surface area contributed by atoms with Crippen LogP contribution in [0, 0.1) is 5.41 Å². The molecule has 0 aromatic heterocycles. The Balaban J connectivity index is 0.000000396. The Morgan fingerprint density at radius 3 is 2.00 bits per heavy atom. The largest absolute Gasteiger partial charge is 0.393 e. The van der Waals surface area contributed by atoms with Gasteiger partial charge in [-0.15, -0.1) is 0 Å². The summed E-state index contributed by atoms with van der Waals surface area (Å²) in [5.74, 6) is 0. The fraction of sp³-hybridized carbons (Fsp3) is 1.00. The fourth-order valence-electron chi connectivity index (χ4n) is 2.44. The molecular weight excluding hydrogens is 162 g/mol. The molecule has 2 rings (SSSR count). The highest BCUT2D eigenvalue weighted by Gasteiger charge is 2.44. The van der Waals surface area contributed by atoms with Crippen LogP contribution in [0.5, 0.6) is 0 Å². The number of hydrogen-bond donors (Lipinski definition) is 1. The SMILES string of the molecule is CC.CN1CCC2(CC1)CC(O)C2. The van der Waals surface area contributed by atoms with Gasteiger partial charge in [0, 0.05) is 0 Å². The van der Waals surface area contributed by atoms with Crippen LogP contribution in [-0.2, 0) is 0 Å². The smallest absolute Gasteiger partial charge is 0.0550 e. The molecule has 2 fully saturated rings. The molecule has 2 aliphatic rings. The zero-order chi connectivity index (χ0) is 9.90. The van der Waals surface area contributed by atoms with Gasteiger partial charge < -0.3 is 10.0 Å². The lowest BCUT2D eigenvalue weighted by molar-refractivity contribution is -0.0647. The second kappa shape index (κ2) is 4.43. The molecule has 0 aromatic carbocycles. The second-order valence-electron chi connectivity index (χ2n) is 4.37. The van der Waals surface area contributed by atoms with Gasteiger partial charge in [0.2, 0.25) is 0 Å². The molecule has 13 heavy (non-hydrogen) atoms. The molecule has 1 saturated carbocycles. The van der Waals surface area contributed by atoms with Crippen LogP contribution in [0.25, 0.3) is 0 Å². The molecule has 1 aliphatic heterocycles. The van der Waals surface area contributed by atoms with Crippen LogP contribution in [0.4, 0.5) is 0 Å². The second-order valence-corrected chi connectivity index (χ2v) is 4.37. The molecule has 2 heteroatoms. The highest BCUT2D eigenvalue weighted by atomic mass is 16.3. The van der Waals surface area contributed by atoms with Gasteiger partial charge in [-0.3, -0.25) is 0 Å². The Hall–Kier alpha value is -0.0800. The number of piperidine rings is 1. The molecule has 1 saturated heterocycles. The van der Waals surface area contributed by atoms with Gasteiger partial charge in [0.1, 0.15) is 0 Å². The maximum atomic E-state index is 9.22. The highest BCUT2D eigenvalue weighted by Crippen LogP contribution is 2.48. The van der Waals surface area contributed by atoms with Crippen molar-refractivity contribution in [3.63, 3.8) is 0 Å². The number of nitrogens with zero attached hydrogens (tertiary/aromatic N) is 1. The van der Waals surface area contributed by atoms with Crippen molar-refractivity contribution < 1.29 is 5.11 Å². The van der Waals surface area contributed by atoms with Gasteiger partial charge in [0.15, 0.2) is 0 Å². The van der Waals surface area contributed by atoms with Crippen molar-refractivity contribution in [2.24, 2.45) is 5.41 Å². The van der Waals surface area contributed by atoms with Crippen LogP contribution in [0.1, 0.15) is 39.5 Å². The summed E-state index contributed by atoms with van der Waals surface area (Å²) in [7, 11) is 2.18. The zero-order valence-corrected chi connectivity index (χ0v) is 9.21. The van der Waals surface area contributed by atoms with E-state index in [1.165, 1.54) is 25.9 Å². The first-order valence-corrected chi connectivity index (χ1v) is 5.57. The highest BCUT2D eigenvalue weighted by molar-refractivity contribution is 4.96. The predicted octanol–water partition coefficient (Wildman–Crippen LogP) is 1.88. The van der Waals surface area contributed by atoms with Crippen molar-refractivity contribution in [2.45, 2.75) is 45.6 Å². The van der Waals surface area contributed by atoms with Gasteiger partial charge >= 0.3 is 0 Å². The Morgan fingerprint density at radius 1 is 1.15 bits per heavy atom. The first-order valence-electron chi connectivity index (χ1n) is 5.57. The van der Waals surface area contributed by atoms with Gasteiger partial charge in [0.05, 0.1) is 6.10 Å². The molecular formula is C11H23NO. The van der Waals surface area contributed by atoms with Crippen LogP contribution in [0.2, 0.25) is 0 Å². The zero-order valence-electron chi connectivity index (χ0n) is 9.21. The average Bonchev–Trinajstić information content (AvgIpc) is 2.11. The quantitative estimate of drug-likeness (QED) is 0.623. The molecule has 0 bridgehead atoms. The van der Waals surface area contributed by atoms with E-state index < -0.39 is 0 Å². The summed E-state index contributed by atoms with van der Waals surface area (Å²) in [6.45, 7) is 6.46. The van der Waals surface area contributed by atoms with Gasteiger partial charge in [0.25, 0.3) is 0 Å². The van der Waals surface area contributed by atoms with E-state index in [9.17, 15) is 5.11 Å². The van der Waals surface area contributed by atoms with Crippen LogP contribution in [-0.4, -0.2) is 36.2 Å². The van der Waals surface area contributed by atoms with Gasteiger partial charge in [-0.05, 0) is 51.2 Å². The Morgan fingerprint density at radius 2 is 1.62 bits per heavy atom. The van der Waals surface area contributed by atoms with Gasteiger partial charge in [-0.1, -0.05) is 13.8 Å². The van der Waals surface area contributed by atoms with Crippen molar-refractivity contribution in [1.29, 1.82) is 0 Å². The minimum atomic E-state index is 0.0263. The first-order chi connectivity index (χ1) is 6.20. The summed E-state index contributed by atoms with van der Waals surface area (Å²) >= 11 is 0. The minimum Gasteiger partial charge on any atom is -0.393 e. The molecule has 1 spiro atoms. The molecule has 0 radical (unpaired) electrons. The molecule has 1 aliphatic carbocycles. The maximum Gasteiger partial charge on any atom is 0.0550 e. The maximum absolute atomic E-state index is 9.22. The number of likely N-dealkylation sites (tertiary alicyclic amines) is 1. The van der Waals surface area contributed by atoms with Crippen LogP contribution in [0.3, 0.4) is 0 Å². The standard InChI is InChI=1S/C9H17NO.C2H6/c1-10-4-2-9(3-5-10)6-8(11)7-9;1-2/h8,11H,2-7H2,1H3;1-2H3. The molecule has 1 N–H and O–H groups in total. The molecule has 2 nitrogen and oxygen atoms in total. The predicted molar refractivity (Wildman–Crippen MR) is 55.8 cm³/mol. The molecule has 78 valence electrons. The normalized spacial score (nSPS) is 27.7. The Bertz CT molecular complexity index is 142. The summed E-state index contributed by atoms with van der Waals surface area (Å²) in [6.07, 6.45) is 4.78. The Kier molecular flexibility index (Phi) is 3.74. The van der Waals surface area contributed by atoms with E-state index in [1.807, 2.05) is 13.8 Å². The van der Waals surface area contributed by atoms with E-state index in [2.05, 4.69) is 11.9 Å². The van der Waals surface area contributed by atoms with Crippen LogP contribution < -0.4 is 0 Å². The molecule has 0 aromatic rings. The molecule has 0 amide bonds. The molecule has 0 atom stereocenters. The summed E-state index contributed by atoms with van der Waals surface area (Å²) in [6, 6.07) is 0. The van der Waals surface area contributed by atoms with E-state index >= 15 is 0 Å². The third-order valence-electron chi connectivity index (χ3n) is 3.38. The van der Waals surface area contributed by atoms with Crippen molar-refractivity contribution in [3.8, 4) is 0 Å². The van der Waals surface area contributed by atoms with Crippen LogP contribution >= 0.6 is 0 Å². The lowest BCUT2D eigenvalue weighted by Crippen LogP contribution is -2.48. The summed E-state index contributed by atoms with van der Waals surface area (Å²) in [4.78, 5) is 2.38. The van der Waals surface area contributed by atoms with Gasteiger partial charge in [-0.25, -0.2) is 0 Å². The topological polar surface area (TPSA) is 23.5 Å². The Labute approximate surface area is 81.9 Å². The van der Waals surface area contributed by atoms with Crippen molar-refractivity contribution in [1.82, 2.24) is 4.90 Å². The fourth-order valence-corrected chi connectivity index (χ4v) is 2.44. The van der Waals surface area contributed by atoms with E-state index in [0.717, 1.165) is 12.8 Å². The minimum absolute atomic E-state index is 0.0263. The first kappa shape index (κ1) is 11.0. The number of rotatable bonds is 0. The summed E-state index contributed by atoms with van der Waals surface area (Å²) < 4.78 is 0. The van der Waals surface area contributed by atoms with Crippen molar-refractivity contribution in [2.75, 3.05) is 20.1 Å². The van der Waals surface area contributed by atoms with E-state index in [4.69, 9.17) is 0 Å². The number of hydrogen-bond acceptors (Lipinski definition) is 2. The lowest BCUT2D eigenvalue weighted by Gasteiger charge is -2.50. The third-order valence-corrected chi connectivity index (χ3v) is 3.38. The van der Waals surface area contributed by atoms with E-state index in [0.29, 0.717) is 5.41 Å². The summed E-state index contributed by atoms with van der Waals surface area (Å²) in [5.41, 5.74) is 0.561. The van der Waals surface area contributed by atoms with Crippen molar-refractivity contribution in [3.05, 3.63) is 0 Å². The van der Waals surface area contributed by atoms with Crippen molar-refractivity contribution >= 4 is 0 Å². The molecule has 0 unspecified atom stereocenters. The number of aliphatic hydroxyl groups excluding tert-OH is 1. The van der Waals surface area contributed by atoms with Gasteiger partial charge in [-0.2, -0.15) is 0 Å². The summed E-state index contributed by atoms with van der Waals surface area (Å²) in [5, 5.41) is 9.22. The van der Waals surface area contributed by atoms with E-state index in [-0.39, 0.29) is 6.10 Å². The van der Waals surface area contributed by atoms with E-state index in [1.54, 1.807) is 0 Å². The monoisotopic (exact) mass is 185 g/mol.